The van der Waals surface area contributed by atoms with Crippen molar-refractivity contribution in [2.24, 2.45) is 5.92 Å². The van der Waals surface area contributed by atoms with Crippen molar-refractivity contribution in [2.75, 3.05) is 12.3 Å². The molecule has 4 heteroatoms. The number of rotatable bonds is 4. The third-order valence-corrected chi connectivity index (χ3v) is 3.72. The molecule has 2 N–H and O–H groups in total. The molecule has 1 heterocycles. The average Bonchev–Trinajstić information content (AvgIpc) is 2.75. The molecule has 0 aliphatic heterocycles. The molecule has 0 spiro atoms. The fraction of sp³-hybridized carbons (Fsp3) is 0.400. The maximum Gasteiger partial charge on any atom is 0.230 e. The second-order valence-electron chi connectivity index (χ2n) is 5.21. The standard InChI is InChI=1S/C15H18N2O2/c1-10-5-6-14(18-9-11-3-2-4-11)12(7-10)13-8-17-19-15(13)16/h5-8,11H,2-4,9,16H2,1H3. The van der Waals surface area contributed by atoms with E-state index in [2.05, 4.69) is 11.2 Å². The summed E-state index contributed by atoms with van der Waals surface area (Å²) in [5, 5.41) is 3.74. The van der Waals surface area contributed by atoms with Crippen molar-refractivity contribution in [1.82, 2.24) is 5.16 Å². The summed E-state index contributed by atoms with van der Waals surface area (Å²) in [6.45, 7) is 2.82. The zero-order valence-electron chi connectivity index (χ0n) is 11.1. The van der Waals surface area contributed by atoms with Gasteiger partial charge in [-0.15, -0.1) is 0 Å². The fourth-order valence-electron chi connectivity index (χ4n) is 2.30. The number of nitrogen functional groups attached to an aromatic ring is 1. The number of ether oxygens (including phenoxy) is 1. The molecule has 1 aliphatic rings. The van der Waals surface area contributed by atoms with Crippen molar-refractivity contribution in [1.29, 1.82) is 0 Å². The van der Waals surface area contributed by atoms with E-state index >= 15 is 0 Å². The lowest BCUT2D eigenvalue weighted by atomic mass is 9.86. The molecule has 0 saturated heterocycles. The molecule has 0 radical (unpaired) electrons. The Balaban J connectivity index is 1.88. The number of nitrogens with zero attached hydrogens (tertiary/aromatic N) is 1. The van der Waals surface area contributed by atoms with Crippen molar-refractivity contribution >= 4 is 5.88 Å². The van der Waals surface area contributed by atoms with Crippen LogP contribution in [0.25, 0.3) is 11.1 Å². The highest BCUT2D eigenvalue weighted by atomic mass is 16.5. The van der Waals surface area contributed by atoms with Crippen LogP contribution in [0.15, 0.2) is 28.9 Å². The number of benzene rings is 1. The van der Waals surface area contributed by atoms with Gasteiger partial charge in [0.05, 0.1) is 18.4 Å². The third kappa shape index (κ3) is 2.43. The highest BCUT2D eigenvalue weighted by molar-refractivity contribution is 5.77. The summed E-state index contributed by atoms with van der Waals surface area (Å²) in [6.07, 6.45) is 5.51. The molecule has 1 aliphatic carbocycles. The highest BCUT2D eigenvalue weighted by Crippen LogP contribution is 2.35. The predicted octanol–water partition coefficient (Wildman–Crippen LogP) is 3.41. The van der Waals surface area contributed by atoms with Gasteiger partial charge < -0.3 is 15.0 Å². The van der Waals surface area contributed by atoms with Gasteiger partial charge in [-0.25, -0.2) is 0 Å². The summed E-state index contributed by atoms with van der Waals surface area (Å²) in [4.78, 5) is 0. The molecule has 1 saturated carbocycles. The second-order valence-corrected chi connectivity index (χ2v) is 5.21. The summed E-state index contributed by atoms with van der Waals surface area (Å²) >= 11 is 0. The van der Waals surface area contributed by atoms with Crippen LogP contribution in [0, 0.1) is 12.8 Å². The van der Waals surface area contributed by atoms with Gasteiger partial charge in [-0.3, -0.25) is 0 Å². The zero-order chi connectivity index (χ0) is 13.2. The molecular formula is C15H18N2O2. The van der Waals surface area contributed by atoms with Crippen LogP contribution in [0.1, 0.15) is 24.8 Å². The van der Waals surface area contributed by atoms with E-state index in [1.165, 1.54) is 19.3 Å². The number of aryl methyl sites for hydroxylation is 1. The molecule has 0 unspecified atom stereocenters. The van der Waals surface area contributed by atoms with Gasteiger partial charge in [0.1, 0.15) is 5.75 Å². The molecule has 19 heavy (non-hydrogen) atoms. The first-order valence-corrected chi connectivity index (χ1v) is 6.68. The van der Waals surface area contributed by atoms with Crippen LogP contribution in [0.2, 0.25) is 0 Å². The van der Waals surface area contributed by atoms with E-state index in [0.29, 0.717) is 11.8 Å². The minimum absolute atomic E-state index is 0.332. The Morgan fingerprint density at radius 3 is 2.84 bits per heavy atom. The van der Waals surface area contributed by atoms with E-state index in [1.54, 1.807) is 6.20 Å². The number of anilines is 1. The van der Waals surface area contributed by atoms with E-state index in [-0.39, 0.29) is 0 Å². The van der Waals surface area contributed by atoms with Crippen LogP contribution < -0.4 is 10.5 Å². The van der Waals surface area contributed by atoms with E-state index in [4.69, 9.17) is 15.0 Å². The van der Waals surface area contributed by atoms with Gasteiger partial charge in [0.15, 0.2) is 0 Å². The van der Waals surface area contributed by atoms with Crippen molar-refractivity contribution in [2.45, 2.75) is 26.2 Å². The third-order valence-electron chi connectivity index (χ3n) is 3.72. The van der Waals surface area contributed by atoms with Crippen LogP contribution in [0.4, 0.5) is 5.88 Å². The summed E-state index contributed by atoms with van der Waals surface area (Å²) in [5.41, 5.74) is 8.71. The molecule has 1 aromatic heterocycles. The van der Waals surface area contributed by atoms with Gasteiger partial charge in [-0.05, 0) is 37.8 Å². The lowest BCUT2D eigenvalue weighted by molar-refractivity contribution is 0.181. The summed E-state index contributed by atoms with van der Waals surface area (Å²) < 4.78 is 10.9. The minimum atomic E-state index is 0.332. The van der Waals surface area contributed by atoms with Crippen molar-refractivity contribution in [3.63, 3.8) is 0 Å². The van der Waals surface area contributed by atoms with E-state index in [0.717, 1.165) is 29.0 Å². The van der Waals surface area contributed by atoms with Gasteiger partial charge in [0.25, 0.3) is 0 Å². The maximum absolute atomic E-state index is 5.95. The van der Waals surface area contributed by atoms with E-state index in [1.807, 2.05) is 19.1 Å². The monoisotopic (exact) mass is 258 g/mol. The van der Waals surface area contributed by atoms with Gasteiger partial charge in [-0.2, -0.15) is 0 Å². The SMILES string of the molecule is Cc1ccc(OCC2CCC2)c(-c2cnoc2N)c1. The predicted molar refractivity (Wildman–Crippen MR) is 73.9 cm³/mol. The zero-order valence-corrected chi connectivity index (χ0v) is 11.1. The lowest BCUT2D eigenvalue weighted by Gasteiger charge is -2.25. The van der Waals surface area contributed by atoms with Crippen LogP contribution >= 0.6 is 0 Å². The van der Waals surface area contributed by atoms with E-state index in [9.17, 15) is 0 Å². The molecule has 3 rings (SSSR count). The van der Waals surface area contributed by atoms with Crippen LogP contribution in [0.3, 0.4) is 0 Å². The van der Waals surface area contributed by atoms with Gasteiger partial charge in [0.2, 0.25) is 5.88 Å². The van der Waals surface area contributed by atoms with Crippen molar-refractivity contribution in [3.05, 3.63) is 30.0 Å². The van der Waals surface area contributed by atoms with Crippen LogP contribution in [-0.4, -0.2) is 11.8 Å². The molecule has 2 aromatic rings. The van der Waals surface area contributed by atoms with Crippen molar-refractivity contribution in [3.8, 4) is 16.9 Å². The minimum Gasteiger partial charge on any atom is -0.493 e. The van der Waals surface area contributed by atoms with Gasteiger partial charge in [-0.1, -0.05) is 23.2 Å². The Kier molecular flexibility index (Phi) is 3.15. The quantitative estimate of drug-likeness (QED) is 0.912. The topological polar surface area (TPSA) is 61.3 Å². The van der Waals surface area contributed by atoms with Gasteiger partial charge in [0, 0.05) is 5.56 Å². The first-order valence-electron chi connectivity index (χ1n) is 6.68. The number of hydrogen-bond acceptors (Lipinski definition) is 4. The molecule has 4 nitrogen and oxygen atoms in total. The lowest BCUT2D eigenvalue weighted by Crippen LogP contribution is -2.19. The molecule has 1 aromatic carbocycles. The van der Waals surface area contributed by atoms with Crippen LogP contribution in [-0.2, 0) is 0 Å². The fourth-order valence-corrected chi connectivity index (χ4v) is 2.30. The first-order chi connectivity index (χ1) is 9.24. The Hall–Kier alpha value is -1.97. The van der Waals surface area contributed by atoms with Gasteiger partial charge >= 0.3 is 0 Å². The second kappa shape index (κ2) is 4.96. The van der Waals surface area contributed by atoms with E-state index < -0.39 is 0 Å². The smallest absolute Gasteiger partial charge is 0.230 e. The van der Waals surface area contributed by atoms with Crippen LogP contribution in [0.5, 0.6) is 5.75 Å². The number of hydrogen-bond donors (Lipinski definition) is 1. The molecule has 0 bridgehead atoms. The first kappa shape index (κ1) is 12.1. The largest absolute Gasteiger partial charge is 0.493 e. The normalized spacial score (nSPS) is 15.2. The Bertz CT molecular complexity index is 573. The average molecular weight is 258 g/mol. The number of aromatic nitrogens is 1. The molecule has 0 amide bonds. The number of nitrogens with two attached hydrogens (primary N) is 1. The maximum atomic E-state index is 5.95. The highest BCUT2D eigenvalue weighted by Gasteiger charge is 2.19. The summed E-state index contributed by atoms with van der Waals surface area (Å²) in [6, 6.07) is 6.10. The van der Waals surface area contributed by atoms with Crippen molar-refractivity contribution < 1.29 is 9.26 Å². The Morgan fingerprint density at radius 1 is 1.37 bits per heavy atom. The molecule has 100 valence electrons. The Morgan fingerprint density at radius 2 is 2.21 bits per heavy atom. The summed E-state index contributed by atoms with van der Waals surface area (Å²) in [7, 11) is 0. The molecule has 0 atom stereocenters. The molecule has 1 fully saturated rings. The summed E-state index contributed by atoms with van der Waals surface area (Å²) in [5.74, 6) is 1.89. The molecular weight excluding hydrogens is 240 g/mol. The Labute approximate surface area is 112 Å².